The lowest BCUT2D eigenvalue weighted by atomic mass is 10.1. The normalized spacial score (nSPS) is 23.3. The van der Waals surface area contributed by atoms with E-state index in [1.54, 1.807) is 0 Å². The monoisotopic (exact) mass is 165 g/mol. The highest BCUT2D eigenvalue weighted by Crippen LogP contribution is 2.07. The smallest absolute Gasteiger partial charge is 0.0572 e. The van der Waals surface area contributed by atoms with Gasteiger partial charge < -0.3 is 0 Å². The topological polar surface area (TPSA) is 0 Å². The minimum absolute atomic E-state index is 0.839. The van der Waals surface area contributed by atoms with Crippen molar-refractivity contribution in [2.24, 2.45) is 0 Å². The second-order valence-electron chi connectivity index (χ2n) is 3.41. The van der Waals surface area contributed by atoms with E-state index in [0.29, 0.717) is 0 Å². The molecular formula is C12H20. The van der Waals surface area contributed by atoms with Gasteiger partial charge in [-0.05, 0) is 51.4 Å². The van der Waals surface area contributed by atoms with Crippen molar-refractivity contribution < 1.29 is 1.37 Å². The summed E-state index contributed by atoms with van der Waals surface area (Å²) in [7, 11) is 0. The van der Waals surface area contributed by atoms with Crippen LogP contribution in [-0.2, 0) is 0 Å². The maximum Gasteiger partial charge on any atom is 0.0572 e. The quantitative estimate of drug-likeness (QED) is 0.471. The van der Waals surface area contributed by atoms with Crippen LogP contribution < -0.4 is 0 Å². The largest absolute Gasteiger partial charge is 0.0885 e. The van der Waals surface area contributed by atoms with Crippen LogP contribution in [0.1, 0.15) is 52.7 Å². The van der Waals surface area contributed by atoms with E-state index in [-0.39, 0.29) is 0 Å². The first kappa shape index (κ1) is 8.10. The molecule has 68 valence electrons. The van der Waals surface area contributed by atoms with Gasteiger partial charge in [0.25, 0.3) is 0 Å². The van der Waals surface area contributed by atoms with Crippen LogP contribution >= 0.6 is 0 Å². The lowest BCUT2D eigenvalue weighted by Gasteiger charge is -1.97. The second-order valence-corrected chi connectivity index (χ2v) is 3.41. The number of allylic oxidation sites excluding steroid dienone is 4. The van der Waals surface area contributed by atoms with Crippen LogP contribution in [0.5, 0.6) is 0 Å². The Balaban J connectivity index is 0.000000132. The van der Waals surface area contributed by atoms with E-state index in [1.165, 1.54) is 38.5 Å². The van der Waals surface area contributed by atoms with Crippen molar-refractivity contribution in [3.63, 3.8) is 0 Å². The third-order valence-electron chi connectivity index (χ3n) is 2.22. The molecule has 0 aromatic carbocycles. The maximum absolute atomic E-state index is 7.13. The van der Waals surface area contributed by atoms with Gasteiger partial charge in [-0.1, -0.05) is 24.3 Å². The van der Waals surface area contributed by atoms with E-state index in [4.69, 9.17) is 1.37 Å². The molecule has 0 atom stereocenters. The number of hydrogen-bond acceptors (Lipinski definition) is 0. The van der Waals surface area contributed by atoms with Crippen molar-refractivity contribution in [1.29, 1.82) is 0 Å². The Kier molecular flexibility index (Phi) is 4.82. The molecule has 0 heterocycles. The van der Waals surface area contributed by atoms with Crippen molar-refractivity contribution in [3.8, 4) is 0 Å². The van der Waals surface area contributed by atoms with Crippen molar-refractivity contribution in [2.45, 2.75) is 51.4 Å². The molecule has 0 aromatic rings. The lowest BCUT2D eigenvalue weighted by Crippen LogP contribution is -1.77. The van der Waals surface area contributed by atoms with E-state index in [1.807, 2.05) is 6.08 Å². The first-order valence-electron chi connectivity index (χ1n) is 5.70. The van der Waals surface area contributed by atoms with Crippen LogP contribution in [0, 0.1) is 0 Å². The molecule has 0 nitrogen and oxygen atoms in total. The van der Waals surface area contributed by atoms with E-state index in [9.17, 15) is 0 Å². The van der Waals surface area contributed by atoms with E-state index < -0.39 is 0 Å². The predicted molar refractivity (Wildman–Crippen MR) is 55.2 cm³/mol. The van der Waals surface area contributed by atoms with Crippen LogP contribution in [0.15, 0.2) is 24.3 Å². The molecular weight excluding hydrogens is 144 g/mol. The molecule has 0 saturated heterocycles. The number of rotatable bonds is 0. The first-order valence-corrected chi connectivity index (χ1v) is 5.20. The molecule has 0 radical (unpaired) electrons. The third kappa shape index (κ3) is 5.17. The van der Waals surface area contributed by atoms with Crippen LogP contribution in [0.2, 0.25) is 0 Å². The summed E-state index contributed by atoms with van der Waals surface area (Å²) in [4.78, 5) is 0. The van der Waals surface area contributed by atoms with Crippen molar-refractivity contribution >= 4 is 0 Å². The molecule has 0 saturated carbocycles. The highest BCUT2D eigenvalue weighted by molar-refractivity contribution is 4.85. The van der Waals surface area contributed by atoms with Gasteiger partial charge in [0.1, 0.15) is 0 Å². The fourth-order valence-electron chi connectivity index (χ4n) is 1.44. The third-order valence-corrected chi connectivity index (χ3v) is 2.22. The second kappa shape index (κ2) is 7.15. The summed E-state index contributed by atoms with van der Waals surface area (Å²) in [6.45, 7) is 0. The standard InChI is InChI=1S/2C6H10/c2*1-2-4-6-5-3-1/h2*1-2H,3-6H2/i1D;. The van der Waals surface area contributed by atoms with Gasteiger partial charge in [-0.15, -0.1) is 0 Å². The summed E-state index contributed by atoms with van der Waals surface area (Å²) < 4.78 is 7.13. The highest BCUT2D eigenvalue weighted by Gasteiger charge is 1.87. The average molecular weight is 165 g/mol. The molecule has 0 fully saturated rings. The Hall–Kier alpha value is -0.520. The summed E-state index contributed by atoms with van der Waals surface area (Å²) in [6.07, 6.45) is 16.7. The van der Waals surface area contributed by atoms with Gasteiger partial charge >= 0.3 is 0 Å². The molecule has 0 aliphatic heterocycles. The van der Waals surface area contributed by atoms with Crippen LogP contribution in [0.3, 0.4) is 0 Å². The fraction of sp³-hybridized carbons (Fsp3) is 0.667. The first-order chi connectivity index (χ1) is 6.39. The van der Waals surface area contributed by atoms with Crippen molar-refractivity contribution in [3.05, 3.63) is 24.3 Å². The molecule has 0 bridgehead atoms. The minimum Gasteiger partial charge on any atom is -0.0885 e. The van der Waals surface area contributed by atoms with Crippen LogP contribution in [0.25, 0.3) is 0 Å². The average Bonchev–Trinajstić information content (AvgIpc) is 2.22. The summed E-state index contributed by atoms with van der Waals surface area (Å²) in [5.74, 6) is 0. The predicted octanol–water partition coefficient (Wildman–Crippen LogP) is 4.23. The minimum atomic E-state index is 0.839. The van der Waals surface area contributed by atoms with E-state index in [0.717, 1.165) is 18.9 Å². The van der Waals surface area contributed by atoms with Gasteiger partial charge in [-0.25, -0.2) is 0 Å². The van der Waals surface area contributed by atoms with Gasteiger partial charge in [0.05, 0.1) is 1.37 Å². The fourth-order valence-corrected chi connectivity index (χ4v) is 1.44. The summed E-state index contributed by atoms with van der Waals surface area (Å²) in [6, 6.07) is 0.839. The number of hydrogen-bond donors (Lipinski definition) is 0. The van der Waals surface area contributed by atoms with Crippen LogP contribution in [-0.4, -0.2) is 0 Å². The molecule has 0 amide bonds. The van der Waals surface area contributed by atoms with Crippen LogP contribution in [0.4, 0.5) is 0 Å². The van der Waals surface area contributed by atoms with Crippen molar-refractivity contribution in [2.75, 3.05) is 0 Å². The Morgan fingerprint density at radius 3 is 1.33 bits per heavy atom. The molecule has 2 aliphatic rings. The van der Waals surface area contributed by atoms with Gasteiger partial charge in [0, 0.05) is 0 Å². The Morgan fingerprint density at radius 2 is 1.17 bits per heavy atom. The molecule has 0 spiro atoms. The lowest BCUT2D eigenvalue weighted by molar-refractivity contribution is 0.730. The van der Waals surface area contributed by atoms with Crippen molar-refractivity contribution in [1.82, 2.24) is 0 Å². The zero-order valence-corrected chi connectivity index (χ0v) is 7.89. The Morgan fingerprint density at radius 1 is 0.667 bits per heavy atom. The molecule has 0 aromatic heterocycles. The van der Waals surface area contributed by atoms with Gasteiger partial charge in [-0.2, -0.15) is 0 Å². The Bertz CT molecular complexity index is 172. The molecule has 2 rings (SSSR count). The SMILES string of the molecule is C1=CCCCC1.[2H]C1=CCCCC1. The Labute approximate surface area is 77.8 Å². The summed E-state index contributed by atoms with van der Waals surface area (Å²) >= 11 is 0. The zero-order chi connectivity index (χ0) is 9.36. The van der Waals surface area contributed by atoms with E-state index in [2.05, 4.69) is 12.2 Å². The maximum atomic E-state index is 7.13. The molecule has 0 N–H and O–H groups in total. The molecule has 0 heteroatoms. The molecule has 2 aliphatic carbocycles. The van der Waals surface area contributed by atoms with Gasteiger partial charge in [-0.3, -0.25) is 0 Å². The molecule has 0 unspecified atom stereocenters. The summed E-state index contributed by atoms with van der Waals surface area (Å²) in [5, 5.41) is 0. The highest BCUT2D eigenvalue weighted by atomic mass is 13.9. The zero-order valence-electron chi connectivity index (χ0n) is 8.89. The van der Waals surface area contributed by atoms with Gasteiger partial charge in [0.2, 0.25) is 0 Å². The summed E-state index contributed by atoms with van der Waals surface area (Å²) in [5.41, 5.74) is 0. The van der Waals surface area contributed by atoms with Gasteiger partial charge in [0.15, 0.2) is 0 Å². The van der Waals surface area contributed by atoms with E-state index >= 15 is 0 Å². The molecule has 12 heavy (non-hydrogen) atoms.